The van der Waals surface area contributed by atoms with Gasteiger partial charge in [0.25, 0.3) is 0 Å². The van der Waals surface area contributed by atoms with Crippen LogP contribution in [0.15, 0.2) is 42.6 Å². The molecule has 3 N–H and O–H groups in total. The van der Waals surface area contributed by atoms with Crippen LogP contribution in [0.3, 0.4) is 0 Å². The molecule has 1 aromatic carbocycles. The van der Waals surface area contributed by atoms with Gasteiger partial charge in [0.2, 0.25) is 0 Å². The van der Waals surface area contributed by atoms with Crippen LogP contribution in [-0.2, 0) is 13.2 Å². The SMILES string of the molecule is NCc1ccc(OCc2ccc[nH]2)cc1. The van der Waals surface area contributed by atoms with Gasteiger partial charge in [-0.25, -0.2) is 0 Å². The highest BCUT2D eigenvalue weighted by molar-refractivity contribution is 5.27. The van der Waals surface area contributed by atoms with Crippen molar-refractivity contribution in [3.05, 3.63) is 53.9 Å². The summed E-state index contributed by atoms with van der Waals surface area (Å²) in [6.45, 7) is 1.13. The maximum absolute atomic E-state index is 5.58. The molecule has 3 nitrogen and oxygen atoms in total. The summed E-state index contributed by atoms with van der Waals surface area (Å²) in [4.78, 5) is 3.08. The van der Waals surface area contributed by atoms with Crippen LogP contribution in [0.4, 0.5) is 0 Å². The lowest BCUT2D eigenvalue weighted by molar-refractivity contribution is 0.302. The van der Waals surface area contributed by atoms with E-state index in [4.69, 9.17) is 10.5 Å². The van der Waals surface area contributed by atoms with Gasteiger partial charge in [-0.05, 0) is 29.8 Å². The quantitative estimate of drug-likeness (QED) is 0.797. The summed E-state index contributed by atoms with van der Waals surface area (Å²) in [7, 11) is 0. The Kier molecular flexibility index (Phi) is 3.05. The first-order valence-corrected chi connectivity index (χ1v) is 4.92. The van der Waals surface area contributed by atoms with E-state index in [-0.39, 0.29) is 0 Å². The van der Waals surface area contributed by atoms with Gasteiger partial charge < -0.3 is 15.5 Å². The van der Waals surface area contributed by atoms with Crippen molar-refractivity contribution in [2.45, 2.75) is 13.2 Å². The smallest absolute Gasteiger partial charge is 0.128 e. The van der Waals surface area contributed by atoms with Gasteiger partial charge in [-0.3, -0.25) is 0 Å². The van der Waals surface area contributed by atoms with Crippen molar-refractivity contribution in [1.82, 2.24) is 4.98 Å². The lowest BCUT2D eigenvalue weighted by Crippen LogP contribution is -1.97. The summed E-state index contributed by atoms with van der Waals surface area (Å²) in [5.41, 5.74) is 7.69. The normalized spacial score (nSPS) is 10.2. The van der Waals surface area contributed by atoms with Crippen molar-refractivity contribution in [2.75, 3.05) is 0 Å². The predicted octanol–water partition coefficient (Wildman–Crippen LogP) is 2.05. The molecule has 0 unspecified atom stereocenters. The zero-order chi connectivity index (χ0) is 10.5. The minimum Gasteiger partial charge on any atom is -0.487 e. The van der Waals surface area contributed by atoms with Gasteiger partial charge in [0.1, 0.15) is 12.4 Å². The Bertz CT molecular complexity index is 392. The number of nitrogens with one attached hydrogen (secondary N) is 1. The van der Waals surface area contributed by atoms with Crippen LogP contribution in [0.25, 0.3) is 0 Å². The third-order valence-electron chi connectivity index (χ3n) is 2.22. The van der Waals surface area contributed by atoms with Crippen LogP contribution in [0.2, 0.25) is 0 Å². The van der Waals surface area contributed by atoms with Crippen LogP contribution < -0.4 is 10.5 Å². The molecule has 15 heavy (non-hydrogen) atoms. The zero-order valence-corrected chi connectivity index (χ0v) is 8.44. The average molecular weight is 202 g/mol. The van der Waals surface area contributed by atoms with Crippen LogP contribution in [0.1, 0.15) is 11.3 Å². The van der Waals surface area contributed by atoms with E-state index < -0.39 is 0 Å². The molecule has 0 saturated carbocycles. The highest BCUT2D eigenvalue weighted by Crippen LogP contribution is 2.13. The summed E-state index contributed by atoms with van der Waals surface area (Å²) < 4.78 is 5.58. The first kappa shape index (κ1) is 9.80. The number of H-pyrrole nitrogens is 1. The molecule has 0 saturated heterocycles. The van der Waals surface area contributed by atoms with Gasteiger partial charge in [-0.1, -0.05) is 12.1 Å². The van der Waals surface area contributed by atoms with Crippen molar-refractivity contribution in [3.8, 4) is 5.75 Å². The third kappa shape index (κ3) is 2.60. The maximum Gasteiger partial charge on any atom is 0.128 e. The second-order valence-corrected chi connectivity index (χ2v) is 3.33. The van der Waals surface area contributed by atoms with E-state index in [1.807, 2.05) is 42.6 Å². The van der Waals surface area contributed by atoms with Crippen molar-refractivity contribution in [2.24, 2.45) is 5.73 Å². The molecule has 0 atom stereocenters. The number of rotatable bonds is 4. The van der Waals surface area contributed by atoms with Crippen molar-refractivity contribution < 1.29 is 4.74 Å². The topological polar surface area (TPSA) is 51.0 Å². The predicted molar refractivity (Wildman–Crippen MR) is 59.5 cm³/mol. The van der Waals surface area contributed by atoms with Gasteiger partial charge in [-0.2, -0.15) is 0 Å². The number of aromatic nitrogens is 1. The fourth-order valence-corrected chi connectivity index (χ4v) is 1.34. The molecule has 0 aliphatic carbocycles. The van der Waals surface area contributed by atoms with Crippen LogP contribution >= 0.6 is 0 Å². The fraction of sp³-hybridized carbons (Fsp3) is 0.167. The molecule has 3 heteroatoms. The standard InChI is InChI=1S/C12H14N2O/c13-8-10-3-5-12(6-4-10)15-9-11-2-1-7-14-11/h1-7,14H,8-9,13H2. The molecule has 1 heterocycles. The number of ether oxygens (including phenoxy) is 1. The largest absolute Gasteiger partial charge is 0.487 e. The molecule has 0 fully saturated rings. The molecule has 2 aromatic rings. The van der Waals surface area contributed by atoms with Gasteiger partial charge in [0.05, 0.1) is 5.69 Å². The average Bonchev–Trinajstić information content (AvgIpc) is 2.80. The lowest BCUT2D eigenvalue weighted by Gasteiger charge is -2.05. The number of aromatic amines is 1. The van der Waals surface area contributed by atoms with E-state index >= 15 is 0 Å². The molecule has 2 rings (SSSR count). The Morgan fingerprint density at radius 2 is 1.93 bits per heavy atom. The second-order valence-electron chi connectivity index (χ2n) is 3.33. The second kappa shape index (κ2) is 4.66. The highest BCUT2D eigenvalue weighted by Gasteiger charge is 1.96. The Hall–Kier alpha value is -1.74. The minimum atomic E-state index is 0.564. The summed E-state index contributed by atoms with van der Waals surface area (Å²) in [5.74, 6) is 0.863. The van der Waals surface area contributed by atoms with Crippen molar-refractivity contribution >= 4 is 0 Å². The van der Waals surface area contributed by atoms with E-state index in [1.165, 1.54) is 0 Å². The third-order valence-corrected chi connectivity index (χ3v) is 2.22. The summed E-state index contributed by atoms with van der Waals surface area (Å²) >= 11 is 0. The van der Waals surface area contributed by atoms with E-state index in [1.54, 1.807) is 0 Å². The van der Waals surface area contributed by atoms with E-state index in [0.29, 0.717) is 13.2 Å². The van der Waals surface area contributed by atoms with Gasteiger partial charge in [-0.15, -0.1) is 0 Å². The number of hydrogen-bond donors (Lipinski definition) is 2. The first-order chi connectivity index (χ1) is 7.38. The molecular formula is C12H14N2O. The monoisotopic (exact) mass is 202 g/mol. The Labute approximate surface area is 88.9 Å². The number of benzene rings is 1. The Balaban J connectivity index is 1.93. The molecule has 0 aliphatic rings. The zero-order valence-electron chi connectivity index (χ0n) is 8.44. The lowest BCUT2D eigenvalue weighted by atomic mass is 10.2. The van der Waals surface area contributed by atoms with E-state index in [2.05, 4.69) is 4.98 Å². The van der Waals surface area contributed by atoms with Gasteiger partial charge in [0.15, 0.2) is 0 Å². The molecule has 78 valence electrons. The molecule has 0 aliphatic heterocycles. The van der Waals surface area contributed by atoms with Crippen LogP contribution in [0, 0.1) is 0 Å². The fourth-order valence-electron chi connectivity index (χ4n) is 1.34. The molecule has 0 radical (unpaired) electrons. The summed E-state index contributed by atoms with van der Waals surface area (Å²) in [6, 6.07) is 11.8. The molecular weight excluding hydrogens is 188 g/mol. The van der Waals surface area contributed by atoms with E-state index in [9.17, 15) is 0 Å². The number of nitrogens with two attached hydrogens (primary N) is 1. The molecule has 0 spiro atoms. The first-order valence-electron chi connectivity index (χ1n) is 4.92. The Morgan fingerprint density at radius 1 is 1.13 bits per heavy atom. The van der Waals surface area contributed by atoms with Gasteiger partial charge >= 0.3 is 0 Å². The van der Waals surface area contributed by atoms with Crippen molar-refractivity contribution in [3.63, 3.8) is 0 Å². The number of hydrogen-bond acceptors (Lipinski definition) is 2. The van der Waals surface area contributed by atoms with Gasteiger partial charge in [0, 0.05) is 12.7 Å². The van der Waals surface area contributed by atoms with Crippen LogP contribution in [0.5, 0.6) is 5.75 Å². The molecule has 1 aromatic heterocycles. The van der Waals surface area contributed by atoms with Crippen LogP contribution in [-0.4, -0.2) is 4.98 Å². The highest BCUT2D eigenvalue weighted by atomic mass is 16.5. The van der Waals surface area contributed by atoms with E-state index in [0.717, 1.165) is 17.0 Å². The Morgan fingerprint density at radius 3 is 2.53 bits per heavy atom. The minimum absolute atomic E-state index is 0.564. The summed E-state index contributed by atoms with van der Waals surface area (Å²) in [6.07, 6.45) is 1.89. The summed E-state index contributed by atoms with van der Waals surface area (Å²) in [5, 5.41) is 0. The molecule has 0 bridgehead atoms. The molecule has 0 amide bonds. The maximum atomic E-state index is 5.58. The van der Waals surface area contributed by atoms with Crippen molar-refractivity contribution in [1.29, 1.82) is 0 Å².